The molecule has 3 heteroatoms. The molecule has 1 N–H and O–H groups in total. The zero-order valence-electron chi connectivity index (χ0n) is 13.4. The van der Waals surface area contributed by atoms with Crippen molar-refractivity contribution in [2.24, 2.45) is 11.8 Å². The number of methoxy groups -OCH3 is 1. The van der Waals surface area contributed by atoms with E-state index in [0.29, 0.717) is 23.9 Å². The summed E-state index contributed by atoms with van der Waals surface area (Å²) in [6.45, 7) is 10.7. The molecule has 0 heterocycles. The zero-order valence-corrected chi connectivity index (χ0v) is 13.4. The quantitative estimate of drug-likeness (QED) is 0.773. The van der Waals surface area contributed by atoms with Crippen molar-refractivity contribution in [3.05, 3.63) is 0 Å². The Bertz CT molecular complexity index is 231. The molecule has 0 spiro atoms. The van der Waals surface area contributed by atoms with Crippen molar-refractivity contribution in [3.8, 4) is 0 Å². The van der Waals surface area contributed by atoms with Gasteiger partial charge in [0.15, 0.2) is 0 Å². The van der Waals surface area contributed by atoms with Gasteiger partial charge < -0.3 is 9.84 Å². The molecule has 0 aromatic carbocycles. The molecular formula is C16H33NO2. The first-order valence-electron chi connectivity index (χ1n) is 7.97. The van der Waals surface area contributed by atoms with Crippen molar-refractivity contribution in [2.45, 2.75) is 71.6 Å². The maximum absolute atomic E-state index is 10.5. The normalized spacial score (nSPS) is 32.2. The van der Waals surface area contributed by atoms with Gasteiger partial charge in [0.1, 0.15) is 0 Å². The van der Waals surface area contributed by atoms with Gasteiger partial charge in [0.2, 0.25) is 0 Å². The number of aliphatic hydroxyl groups excluding tert-OH is 1. The van der Waals surface area contributed by atoms with Crippen molar-refractivity contribution in [1.29, 1.82) is 0 Å². The summed E-state index contributed by atoms with van der Waals surface area (Å²) in [6, 6.07) is 0.863. The van der Waals surface area contributed by atoms with E-state index in [1.54, 1.807) is 7.11 Å². The Morgan fingerprint density at radius 3 is 2.32 bits per heavy atom. The van der Waals surface area contributed by atoms with Crippen molar-refractivity contribution < 1.29 is 9.84 Å². The van der Waals surface area contributed by atoms with Crippen LogP contribution in [-0.2, 0) is 4.74 Å². The van der Waals surface area contributed by atoms with E-state index in [1.165, 1.54) is 6.42 Å². The first kappa shape index (κ1) is 16.9. The van der Waals surface area contributed by atoms with Crippen molar-refractivity contribution in [3.63, 3.8) is 0 Å². The molecule has 3 nitrogen and oxygen atoms in total. The molecule has 0 saturated heterocycles. The molecule has 1 rings (SSSR count). The molecule has 0 aromatic rings. The van der Waals surface area contributed by atoms with E-state index in [1.807, 2.05) is 0 Å². The molecule has 19 heavy (non-hydrogen) atoms. The summed E-state index contributed by atoms with van der Waals surface area (Å²) >= 11 is 0. The van der Waals surface area contributed by atoms with Gasteiger partial charge in [-0.3, -0.25) is 4.90 Å². The van der Waals surface area contributed by atoms with Gasteiger partial charge in [-0.05, 0) is 37.5 Å². The van der Waals surface area contributed by atoms with E-state index < -0.39 is 0 Å². The third-order valence-electron chi connectivity index (χ3n) is 4.74. The van der Waals surface area contributed by atoms with Crippen LogP contribution in [0.5, 0.6) is 0 Å². The number of hydrogen-bond acceptors (Lipinski definition) is 3. The van der Waals surface area contributed by atoms with Gasteiger partial charge in [0.05, 0.1) is 12.7 Å². The lowest BCUT2D eigenvalue weighted by atomic mass is 9.76. The van der Waals surface area contributed by atoms with Crippen LogP contribution in [0, 0.1) is 11.8 Å². The second-order valence-corrected chi connectivity index (χ2v) is 6.31. The third-order valence-corrected chi connectivity index (χ3v) is 4.74. The van der Waals surface area contributed by atoms with Gasteiger partial charge >= 0.3 is 0 Å². The second-order valence-electron chi connectivity index (χ2n) is 6.31. The number of hydrogen-bond donors (Lipinski definition) is 1. The van der Waals surface area contributed by atoms with E-state index in [4.69, 9.17) is 4.74 Å². The Labute approximate surface area is 119 Å². The molecule has 4 atom stereocenters. The average Bonchev–Trinajstić information content (AvgIpc) is 2.35. The second kappa shape index (κ2) is 8.23. The minimum absolute atomic E-state index is 0.184. The summed E-state index contributed by atoms with van der Waals surface area (Å²) in [7, 11) is 1.76. The first-order valence-corrected chi connectivity index (χ1v) is 7.97. The summed E-state index contributed by atoms with van der Waals surface area (Å²) < 4.78 is 5.27. The van der Waals surface area contributed by atoms with E-state index >= 15 is 0 Å². The van der Waals surface area contributed by atoms with Crippen LogP contribution in [-0.4, -0.2) is 48.5 Å². The Kier molecular flexibility index (Phi) is 7.33. The summed E-state index contributed by atoms with van der Waals surface area (Å²) in [4.78, 5) is 2.52. The SMILES string of the molecule is CCC(CC)N(CCOC)C1C(C)CC(C)CC1O. The Hall–Kier alpha value is -0.120. The highest BCUT2D eigenvalue weighted by molar-refractivity contribution is 4.92. The number of nitrogens with zero attached hydrogens (tertiary/aromatic N) is 1. The van der Waals surface area contributed by atoms with Gasteiger partial charge in [0, 0.05) is 25.7 Å². The average molecular weight is 271 g/mol. The lowest BCUT2D eigenvalue weighted by molar-refractivity contribution is -0.0506. The Morgan fingerprint density at radius 1 is 1.21 bits per heavy atom. The fourth-order valence-electron chi connectivity index (χ4n) is 3.88. The molecule has 1 saturated carbocycles. The third kappa shape index (κ3) is 4.44. The smallest absolute Gasteiger partial charge is 0.0700 e. The molecule has 0 aromatic heterocycles. The standard InChI is InChI=1S/C16H33NO2/c1-6-14(7-2)17(8-9-19-5)16-13(4)10-12(3)11-15(16)18/h12-16,18H,6-11H2,1-5H3. The summed E-state index contributed by atoms with van der Waals surface area (Å²) in [5.41, 5.74) is 0. The largest absolute Gasteiger partial charge is 0.391 e. The molecule has 0 aliphatic heterocycles. The van der Waals surface area contributed by atoms with Gasteiger partial charge in [-0.2, -0.15) is 0 Å². The van der Waals surface area contributed by atoms with Crippen LogP contribution < -0.4 is 0 Å². The zero-order chi connectivity index (χ0) is 14.4. The van der Waals surface area contributed by atoms with E-state index in [9.17, 15) is 5.11 Å². The lowest BCUT2D eigenvalue weighted by Gasteiger charge is -2.46. The topological polar surface area (TPSA) is 32.7 Å². The predicted molar refractivity (Wildman–Crippen MR) is 80.3 cm³/mol. The van der Waals surface area contributed by atoms with Crippen LogP contribution in [0.15, 0.2) is 0 Å². The molecule has 4 unspecified atom stereocenters. The first-order chi connectivity index (χ1) is 9.04. The Balaban J connectivity index is 2.81. The highest BCUT2D eigenvalue weighted by Gasteiger charge is 2.38. The molecule has 0 bridgehead atoms. The molecule has 1 aliphatic carbocycles. The van der Waals surface area contributed by atoms with E-state index in [2.05, 4.69) is 32.6 Å². The summed E-state index contributed by atoms with van der Waals surface area (Å²) in [5.74, 6) is 1.21. The fraction of sp³-hybridized carbons (Fsp3) is 1.00. The van der Waals surface area contributed by atoms with E-state index in [-0.39, 0.29) is 6.10 Å². The lowest BCUT2D eigenvalue weighted by Crippen LogP contribution is -2.55. The van der Waals surface area contributed by atoms with E-state index in [0.717, 1.165) is 32.4 Å². The van der Waals surface area contributed by atoms with Gasteiger partial charge in [-0.1, -0.05) is 27.7 Å². The fourth-order valence-corrected chi connectivity index (χ4v) is 3.88. The maximum atomic E-state index is 10.5. The highest BCUT2D eigenvalue weighted by atomic mass is 16.5. The van der Waals surface area contributed by atoms with Crippen LogP contribution in [0.4, 0.5) is 0 Å². The van der Waals surface area contributed by atoms with Gasteiger partial charge in [-0.15, -0.1) is 0 Å². The van der Waals surface area contributed by atoms with Crippen LogP contribution in [0.1, 0.15) is 53.4 Å². The van der Waals surface area contributed by atoms with Crippen LogP contribution >= 0.6 is 0 Å². The number of aliphatic hydroxyl groups is 1. The van der Waals surface area contributed by atoms with Crippen molar-refractivity contribution in [2.75, 3.05) is 20.3 Å². The van der Waals surface area contributed by atoms with Crippen LogP contribution in [0.3, 0.4) is 0 Å². The predicted octanol–water partition coefficient (Wildman–Crippen LogP) is 2.92. The number of ether oxygens (including phenoxy) is 1. The molecule has 114 valence electrons. The van der Waals surface area contributed by atoms with Crippen molar-refractivity contribution >= 4 is 0 Å². The van der Waals surface area contributed by atoms with Crippen LogP contribution in [0.25, 0.3) is 0 Å². The summed E-state index contributed by atoms with van der Waals surface area (Å²) in [6.07, 6.45) is 4.28. The highest BCUT2D eigenvalue weighted by Crippen LogP contribution is 2.34. The van der Waals surface area contributed by atoms with Crippen molar-refractivity contribution in [1.82, 2.24) is 4.90 Å². The molecule has 1 fully saturated rings. The summed E-state index contributed by atoms with van der Waals surface area (Å²) in [5, 5.41) is 10.5. The molecular weight excluding hydrogens is 238 g/mol. The maximum Gasteiger partial charge on any atom is 0.0700 e. The Morgan fingerprint density at radius 2 is 1.84 bits per heavy atom. The number of rotatable bonds is 7. The minimum Gasteiger partial charge on any atom is -0.391 e. The monoisotopic (exact) mass is 271 g/mol. The van der Waals surface area contributed by atoms with Gasteiger partial charge in [-0.25, -0.2) is 0 Å². The molecule has 1 aliphatic rings. The minimum atomic E-state index is -0.184. The van der Waals surface area contributed by atoms with Crippen LogP contribution in [0.2, 0.25) is 0 Å². The molecule has 0 amide bonds. The molecule has 0 radical (unpaired) electrons. The van der Waals surface area contributed by atoms with Gasteiger partial charge in [0.25, 0.3) is 0 Å².